The summed E-state index contributed by atoms with van der Waals surface area (Å²) in [5, 5.41) is 6.37. The van der Waals surface area contributed by atoms with E-state index >= 15 is 0 Å². The smallest absolute Gasteiger partial charge is 0.324 e. The summed E-state index contributed by atoms with van der Waals surface area (Å²) in [5.74, 6) is -0.928. The van der Waals surface area contributed by atoms with Gasteiger partial charge in [-0.25, -0.2) is 20.4 Å². The van der Waals surface area contributed by atoms with Crippen LogP contribution >= 0.6 is 0 Å². The number of hydrazine groups is 1. The van der Waals surface area contributed by atoms with Gasteiger partial charge in [0.2, 0.25) is 11.8 Å². The second-order valence-corrected chi connectivity index (χ2v) is 20.5. The summed E-state index contributed by atoms with van der Waals surface area (Å²) >= 11 is 0. The summed E-state index contributed by atoms with van der Waals surface area (Å²) in [6.45, 7) is 18.5. The minimum atomic E-state index is -0.692. The summed E-state index contributed by atoms with van der Waals surface area (Å²) in [4.78, 5) is 57.5. The fraction of sp³-hybridized carbons (Fsp3) is 0.574. The fourth-order valence-electron chi connectivity index (χ4n) is 10.3. The number of aryl methyl sites for hydroxylation is 1. The number of benzene rings is 2. The second-order valence-electron chi connectivity index (χ2n) is 20.5. The summed E-state index contributed by atoms with van der Waals surface area (Å²) in [6, 6.07) is 20.6. The van der Waals surface area contributed by atoms with Crippen LogP contribution in [0.2, 0.25) is 0 Å². The molecule has 6 bridgehead atoms. The minimum absolute atomic E-state index is 0.00778. The standard InChI is InChI=1S/C54H74N8O6/c1-11-62-47-22-20-39-28-44(47)45(50(62)43-17-13-23-55-48(43)36(6)66-10)29-54(7,8)31-68-53(65)46-18-14-24-61(59-46)33-67-30-42(26-37-15-12-16-38(39)25-37)58-51(63)49(34(2)3)60(9)52(64)40-19-21-41(27-40)57-32-56-35(4)5/h12-13,15-17,20,22-23,25,28,34-36,40-42,46,49,59H,11,14,18-19,21,24,26-27,29-31,33H2,1-10H3,(H,58,63)/t36-,40-,41-,42-,46-,49-/m0/s1. The van der Waals surface area contributed by atoms with E-state index in [-0.39, 0.29) is 67.8 Å². The van der Waals surface area contributed by atoms with Crippen LogP contribution in [0, 0.1) is 17.3 Å². The van der Waals surface area contributed by atoms with Gasteiger partial charge in [-0.05, 0) is 125 Å². The topological polar surface area (TPSA) is 152 Å². The Bertz CT molecular complexity index is 2470. The molecule has 4 heterocycles. The number of cyclic esters (lactones) is 1. The molecule has 68 heavy (non-hydrogen) atoms. The molecule has 1 aliphatic carbocycles. The van der Waals surface area contributed by atoms with Crippen LogP contribution in [0.5, 0.6) is 0 Å². The van der Waals surface area contributed by atoms with Crippen molar-refractivity contribution in [1.29, 1.82) is 0 Å². The van der Waals surface area contributed by atoms with E-state index in [2.05, 4.69) is 101 Å². The lowest BCUT2D eigenvalue weighted by Crippen LogP contribution is -2.55. The van der Waals surface area contributed by atoms with E-state index in [0.717, 1.165) is 69.5 Å². The highest BCUT2D eigenvalue weighted by molar-refractivity contribution is 5.95. The Morgan fingerprint density at radius 2 is 1.85 bits per heavy atom. The molecular formula is C54H74N8O6. The maximum Gasteiger partial charge on any atom is 0.324 e. The molecular weight excluding hydrogens is 857 g/mol. The lowest BCUT2D eigenvalue weighted by molar-refractivity contribution is -0.154. The Hall–Kier alpha value is -5.24. The van der Waals surface area contributed by atoms with E-state index in [0.29, 0.717) is 38.6 Å². The zero-order valence-electron chi connectivity index (χ0n) is 42.0. The summed E-state index contributed by atoms with van der Waals surface area (Å²) in [7, 11) is 3.46. The Kier molecular flexibility index (Phi) is 16.7. The van der Waals surface area contributed by atoms with Crippen molar-refractivity contribution in [2.45, 2.75) is 143 Å². The Balaban J connectivity index is 1.24. The molecule has 7 atom stereocenters. The first-order chi connectivity index (χ1) is 32.6. The molecule has 2 aromatic carbocycles. The average molecular weight is 931 g/mol. The highest BCUT2D eigenvalue weighted by Crippen LogP contribution is 2.42. The van der Waals surface area contributed by atoms with Gasteiger partial charge < -0.3 is 29.0 Å². The van der Waals surface area contributed by atoms with Gasteiger partial charge in [-0.3, -0.25) is 19.4 Å². The number of rotatable bonds is 11. The first-order valence-electron chi connectivity index (χ1n) is 24.8. The SMILES string of the molecule is CCn1c(-c2cccnc2[C@H](C)OC)c2c3cc(ccc31)-c1cccc(c1)C[C@H](NC(=O)[C@H](C(C)C)N(C)C(=O)[C@H]1CC[C@H](N=C=NC(C)C)C1)COCN1CCC[C@H](N1)C(=O)OCC(C)(C)C2. The van der Waals surface area contributed by atoms with Crippen molar-refractivity contribution in [3.05, 3.63) is 77.6 Å². The van der Waals surface area contributed by atoms with Crippen molar-refractivity contribution in [1.82, 2.24) is 30.2 Å². The fourth-order valence-corrected chi connectivity index (χ4v) is 10.3. The van der Waals surface area contributed by atoms with Crippen LogP contribution in [0.3, 0.4) is 0 Å². The van der Waals surface area contributed by atoms with E-state index in [1.807, 2.05) is 51.9 Å². The van der Waals surface area contributed by atoms with Crippen molar-refractivity contribution in [3.8, 4) is 22.4 Å². The number of carbonyl (C=O) groups is 3. The van der Waals surface area contributed by atoms with Gasteiger partial charge in [0.15, 0.2) is 0 Å². The predicted octanol–water partition coefficient (Wildman–Crippen LogP) is 8.43. The number of aromatic nitrogens is 2. The van der Waals surface area contributed by atoms with E-state index in [9.17, 15) is 14.4 Å². The molecule has 1 unspecified atom stereocenters. The summed E-state index contributed by atoms with van der Waals surface area (Å²) in [6.07, 6.45) is 6.26. The summed E-state index contributed by atoms with van der Waals surface area (Å²) < 4.78 is 20.8. The minimum Gasteiger partial charge on any atom is -0.464 e. The summed E-state index contributed by atoms with van der Waals surface area (Å²) in [5.41, 5.74) is 11.3. The third kappa shape index (κ3) is 11.9. The van der Waals surface area contributed by atoms with Gasteiger partial charge in [-0.15, -0.1) is 0 Å². The van der Waals surface area contributed by atoms with Gasteiger partial charge in [0.25, 0.3) is 0 Å². The molecule has 366 valence electrons. The van der Waals surface area contributed by atoms with E-state index in [1.165, 1.54) is 0 Å². The van der Waals surface area contributed by atoms with Crippen LogP contribution < -0.4 is 10.7 Å². The van der Waals surface area contributed by atoms with E-state index < -0.39 is 23.5 Å². The van der Waals surface area contributed by atoms with Crippen LogP contribution in [-0.4, -0.2) is 114 Å². The number of ether oxygens (including phenoxy) is 3. The monoisotopic (exact) mass is 931 g/mol. The molecule has 1 saturated heterocycles. The van der Waals surface area contributed by atoms with Crippen molar-refractivity contribution in [2.24, 2.45) is 27.2 Å². The number of aliphatic imine (C=N–C) groups is 2. The number of esters is 1. The molecule has 3 aliphatic rings. The molecule has 2 fully saturated rings. The van der Waals surface area contributed by atoms with Gasteiger partial charge in [0.05, 0.1) is 54.8 Å². The largest absolute Gasteiger partial charge is 0.464 e. The molecule has 0 radical (unpaired) electrons. The number of carbonyl (C=O) groups excluding carboxylic acids is 3. The zero-order valence-corrected chi connectivity index (χ0v) is 42.0. The number of hydrogen-bond donors (Lipinski definition) is 2. The van der Waals surface area contributed by atoms with Crippen LogP contribution in [0.4, 0.5) is 0 Å². The van der Waals surface area contributed by atoms with Gasteiger partial charge in [-0.2, -0.15) is 0 Å². The van der Waals surface area contributed by atoms with Crippen molar-refractivity contribution in [2.75, 3.05) is 40.6 Å². The number of fused-ring (bicyclic) bond motifs is 6. The van der Waals surface area contributed by atoms with E-state index in [4.69, 9.17) is 19.2 Å². The maximum atomic E-state index is 14.5. The number of amides is 2. The van der Waals surface area contributed by atoms with Crippen LogP contribution in [0.25, 0.3) is 33.3 Å². The van der Waals surface area contributed by atoms with Crippen molar-refractivity contribution < 1.29 is 28.6 Å². The quantitative estimate of drug-likeness (QED) is 0.112. The molecule has 7 rings (SSSR count). The lowest BCUT2D eigenvalue weighted by atomic mass is 9.84. The zero-order chi connectivity index (χ0) is 48.7. The first kappa shape index (κ1) is 50.6. The molecule has 14 heteroatoms. The number of hydrogen-bond acceptors (Lipinski definition) is 11. The second kappa shape index (κ2) is 22.5. The van der Waals surface area contributed by atoms with Crippen LogP contribution in [0.1, 0.15) is 110 Å². The van der Waals surface area contributed by atoms with Crippen LogP contribution in [-0.2, 0) is 48.0 Å². The first-order valence-corrected chi connectivity index (χ1v) is 24.8. The number of methoxy groups -OCH3 is 1. The van der Waals surface area contributed by atoms with Crippen molar-refractivity contribution >= 4 is 34.7 Å². The van der Waals surface area contributed by atoms with Gasteiger partial charge >= 0.3 is 5.97 Å². The Morgan fingerprint density at radius 3 is 2.60 bits per heavy atom. The molecule has 0 spiro atoms. The van der Waals surface area contributed by atoms with Gasteiger partial charge in [0.1, 0.15) is 18.8 Å². The lowest BCUT2D eigenvalue weighted by Gasteiger charge is -2.34. The third-order valence-electron chi connectivity index (χ3n) is 13.8. The molecule has 1 saturated carbocycles. The highest BCUT2D eigenvalue weighted by atomic mass is 16.5. The molecule has 2 N–H and O–H groups in total. The van der Waals surface area contributed by atoms with Crippen LogP contribution in [0.15, 0.2) is 70.8 Å². The van der Waals surface area contributed by atoms with E-state index in [1.54, 1.807) is 19.1 Å². The average Bonchev–Trinajstić information content (AvgIpc) is 3.91. The molecule has 14 nitrogen and oxygen atoms in total. The maximum absolute atomic E-state index is 14.5. The number of nitrogens with zero attached hydrogens (tertiary/aromatic N) is 6. The number of likely N-dealkylation sites (N-methyl/N-ethyl adjacent to an activating group) is 1. The van der Waals surface area contributed by atoms with Crippen molar-refractivity contribution in [3.63, 3.8) is 0 Å². The molecule has 4 aromatic rings. The highest BCUT2D eigenvalue weighted by Gasteiger charge is 2.38. The number of nitrogens with one attached hydrogen (secondary N) is 2. The van der Waals surface area contributed by atoms with Gasteiger partial charge in [0, 0.05) is 61.2 Å². The Labute approximate surface area is 403 Å². The third-order valence-corrected chi connectivity index (χ3v) is 13.8. The molecule has 2 aliphatic heterocycles. The predicted molar refractivity (Wildman–Crippen MR) is 267 cm³/mol. The normalized spacial score (nSPS) is 23.1. The molecule has 2 aromatic heterocycles. The Morgan fingerprint density at radius 1 is 1.06 bits per heavy atom. The number of pyridine rings is 1. The molecule has 2 amide bonds. The van der Waals surface area contributed by atoms with Gasteiger partial charge in [-0.1, -0.05) is 58.0 Å².